The SMILES string of the molecule is COc1nccc(C(C)Nc2ccc3c(c2)Sc2cccc(-c4cc(N5CCOCC5)cc(=O)[nH]4)c2S3)n1. The third-order valence-corrected chi connectivity index (χ3v) is 9.11. The van der Waals surface area contributed by atoms with Crippen LogP contribution in [-0.2, 0) is 4.74 Å². The zero-order valence-corrected chi connectivity index (χ0v) is 22.7. The molecule has 6 rings (SSSR count). The quantitative estimate of drug-likeness (QED) is 0.288. The molecule has 2 aliphatic rings. The molecule has 4 heterocycles. The number of hydrogen-bond acceptors (Lipinski definition) is 9. The van der Waals surface area contributed by atoms with E-state index >= 15 is 0 Å². The number of methoxy groups -OCH3 is 1. The zero-order chi connectivity index (χ0) is 26.1. The molecule has 0 aliphatic carbocycles. The molecule has 38 heavy (non-hydrogen) atoms. The second kappa shape index (κ2) is 10.7. The molecule has 0 amide bonds. The molecular formula is C28H27N5O3S2. The van der Waals surface area contributed by atoms with E-state index < -0.39 is 0 Å². The molecule has 194 valence electrons. The molecule has 1 unspecified atom stereocenters. The fourth-order valence-corrected chi connectivity index (χ4v) is 7.01. The fraction of sp³-hybridized carbons (Fsp3) is 0.250. The summed E-state index contributed by atoms with van der Waals surface area (Å²) in [6, 6.07) is 18.7. The number of anilines is 2. The Balaban J connectivity index is 1.26. The Labute approximate surface area is 229 Å². The first kappa shape index (κ1) is 24.8. The fourth-order valence-electron chi connectivity index (χ4n) is 4.60. The van der Waals surface area contributed by atoms with Crippen LogP contribution in [0.4, 0.5) is 11.4 Å². The average Bonchev–Trinajstić information content (AvgIpc) is 2.96. The van der Waals surface area contributed by atoms with E-state index in [9.17, 15) is 4.79 Å². The van der Waals surface area contributed by atoms with E-state index in [1.807, 2.05) is 6.07 Å². The number of H-pyrrole nitrogens is 1. The second-order valence-electron chi connectivity index (χ2n) is 9.05. The number of nitrogens with zero attached hydrogens (tertiary/aromatic N) is 3. The summed E-state index contributed by atoms with van der Waals surface area (Å²) in [6.07, 6.45) is 1.71. The molecule has 2 N–H and O–H groups in total. The summed E-state index contributed by atoms with van der Waals surface area (Å²) in [4.78, 5) is 31.1. The summed E-state index contributed by atoms with van der Waals surface area (Å²) in [6.45, 7) is 4.99. The van der Waals surface area contributed by atoms with Crippen molar-refractivity contribution in [3.05, 3.63) is 76.8 Å². The van der Waals surface area contributed by atoms with Gasteiger partial charge in [0.25, 0.3) is 0 Å². The number of pyridine rings is 1. The molecule has 1 atom stereocenters. The number of rotatable bonds is 6. The van der Waals surface area contributed by atoms with Crippen LogP contribution in [-0.4, -0.2) is 48.4 Å². The highest BCUT2D eigenvalue weighted by molar-refractivity contribution is 8.05. The van der Waals surface area contributed by atoms with E-state index in [4.69, 9.17) is 9.47 Å². The van der Waals surface area contributed by atoms with Crippen molar-refractivity contribution in [2.45, 2.75) is 32.5 Å². The first-order valence-corrected chi connectivity index (χ1v) is 14.0. The van der Waals surface area contributed by atoms with Crippen LogP contribution in [0.1, 0.15) is 18.7 Å². The first-order chi connectivity index (χ1) is 18.6. The molecule has 0 bridgehead atoms. The third kappa shape index (κ3) is 5.11. The highest BCUT2D eigenvalue weighted by atomic mass is 32.2. The van der Waals surface area contributed by atoms with Gasteiger partial charge < -0.3 is 24.7 Å². The molecule has 1 saturated heterocycles. The van der Waals surface area contributed by atoms with E-state index in [0.717, 1.165) is 46.3 Å². The number of ether oxygens (including phenoxy) is 2. The highest BCUT2D eigenvalue weighted by Gasteiger charge is 2.22. The van der Waals surface area contributed by atoms with Crippen LogP contribution < -0.4 is 20.5 Å². The van der Waals surface area contributed by atoms with Crippen molar-refractivity contribution in [1.82, 2.24) is 15.0 Å². The van der Waals surface area contributed by atoms with Gasteiger partial charge in [-0.15, -0.1) is 0 Å². The van der Waals surface area contributed by atoms with Gasteiger partial charge in [-0.2, -0.15) is 4.98 Å². The normalized spacial score (nSPS) is 15.4. The molecule has 0 radical (unpaired) electrons. The predicted octanol–water partition coefficient (Wildman–Crippen LogP) is 5.47. The van der Waals surface area contributed by atoms with Gasteiger partial charge in [-0.3, -0.25) is 4.79 Å². The molecule has 8 nitrogen and oxygen atoms in total. The maximum absolute atomic E-state index is 12.6. The highest BCUT2D eigenvalue weighted by Crippen LogP contribution is 2.52. The Morgan fingerprint density at radius 1 is 1.05 bits per heavy atom. The Morgan fingerprint density at radius 3 is 2.76 bits per heavy atom. The average molecular weight is 546 g/mol. The van der Waals surface area contributed by atoms with Gasteiger partial charge in [0.2, 0.25) is 5.56 Å². The second-order valence-corrected chi connectivity index (χ2v) is 11.2. The maximum Gasteiger partial charge on any atom is 0.316 e. The minimum Gasteiger partial charge on any atom is -0.467 e. The van der Waals surface area contributed by atoms with Crippen LogP contribution >= 0.6 is 23.5 Å². The Kier molecular flexibility index (Phi) is 7.01. The number of morpholine rings is 1. The minimum absolute atomic E-state index is 0.0133. The number of fused-ring (bicyclic) bond motifs is 2. The van der Waals surface area contributed by atoms with E-state index in [1.54, 1.807) is 42.9 Å². The maximum atomic E-state index is 12.6. The molecule has 1 fully saturated rings. The topological polar surface area (TPSA) is 92.4 Å². The summed E-state index contributed by atoms with van der Waals surface area (Å²) < 4.78 is 10.7. The summed E-state index contributed by atoms with van der Waals surface area (Å²) >= 11 is 3.48. The van der Waals surface area contributed by atoms with Crippen molar-refractivity contribution >= 4 is 34.9 Å². The van der Waals surface area contributed by atoms with Gasteiger partial charge in [0, 0.05) is 61.9 Å². The van der Waals surface area contributed by atoms with Gasteiger partial charge in [0.05, 0.1) is 37.8 Å². The van der Waals surface area contributed by atoms with E-state index in [2.05, 4.69) is 74.6 Å². The Hall–Kier alpha value is -3.47. The van der Waals surface area contributed by atoms with E-state index in [-0.39, 0.29) is 11.6 Å². The van der Waals surface area contributed by atoms with Crippen molar-refractivity contribution in [1.29, 1.82) is 0 Å². The largest absolute Gasteiger partial charge is 0.467 e. The van der Waals surface area contributed by atoms with E-state index in [1.165, 1.54) is 14.7 Å². The van der Waals surface area contributed by atoms with Crippen molar-refractivity contribution in [3.63, 3.8) is 0 Å². The first-order valence-electron chi connectivity index (χ1n) is 12.4. The van der Waals surface area contributed by atoms with Crippen LogP contribution in [0.15, 0.2) is 85.2 Å². The van der Waals surface area contributed by atoms with E-state index in [0.29, 0.717) is 19.2 Å². The van der Waals surface area contributed by atoms with Crippen molar-refractivity contribution < 1.29 is 9.47 Å². The van der Waals surface area contributed by atoms with Crippen LogP contribution in [0, 0.1) is 0 Å². The standard InChI is InChI=1S/C28H27N5O3S2/c1-17(21-8-9-29-28(32-21)35-2)30-18-6-7-23-25(14-18)37-24-5-3-4-20(27(24)38-23)22-15-19(16-26(34)31-22)33-10-12-36-13-11-33/h3-9,14-17,30H,10-13H2,1-2H3,(H,31,34). The molecule has 10 heteroatoms. The van der Waals surface area contributed by atoms with Crippen LogP contribution in [0.25, 0.3) is 11.3 Å². The number of aromatic nitrogens is 3. The lowest BCUT2D eigenvalue weighted by Crippen LogP contribution is -2.36. The summed E-state index contributed by atoms with van der Waals surface area (Å²) in [5.74, 6) is 0. The Morgan fingerprint density at radius 2 is 1.92 bits per heavy atom. The monoisotopic (exact) mass is 545 g/mol. The molecule has 0 spiro atoms. The van der Waals surface area contributed by atoms with Gasteiger partial charge in [0.1, 0.15) is 0 Å². The molecule has 0 saturated carbocycles. The van der Waals surface area contributed by atoms with Crippen molar-refractivity contribution in [3.8, 4) is 17.3 Å². The lowest BCUT2D eigenvalue weighted by atomic mass is 10.1. The number of benzene rings is 2. The van der Waals surface area contributed by atoms with Gasteiger partial charge in [0.15, 0.2) is 0 Å². The minimum atomic E-state index is -0.0957. The van der Waals surface area contributed by atoms with Gasteiger partial charge in [-0.1, -0.05) is 35.7 Å². The Bertz CT molecular complexity index is 1540. The zero-order valence-electron chi connectivity index (χ0n) is 21.1. The van der Waals surface area contributed by atoms with Crippen molar-refractivity contribution in [2.75, 3.05) is 43.6 Å². The van der Waals surface area contributed by atoms with Crippen LogP contribution in [0.5, 0.6) is 6.01 Å². The molecular weight excluding hydrogens is 518 g/mol. The lowest BCUT2D eigenvalue weighted by molar-refractivity contribution is 0.122. The van der Waals surface area contributed by atoms with Crippen LogP contribution in [0.3, 0.4) is 0 Å². The van der Waals surface area contributed by atoms with Gasteiger partial charge in [-0.25, -0.2) is 4.98 Å². The molecule has 2 aromatic carbocycles. The van der Waals surface area contributed by atoms with Crippen LogP contribution in [0.2, 0.25) is 0 Å². The van der Waals surface area contributed by atoms with Crippen molar-refractivity contribution in [2.24, 2.45) is 0 Å². The summed E-state index contributed by atoms with van der Waals surface area (Å²) in [7, 11) is 1.57. The molecule has 4 aromatic rings. The van der Waals surface area contributed by atoms with Gasteiger partial charge >= 0.3 is 6.01 Å². The molecule has 2 aromatic heterocycles. The lowest BCUT2D eigenvalue weighted by Gasteiger charge is -2.29. The summed E-state index contributed by atoms with van der Waals surface area (Å²) in [5.41, 5.74) is 4.58. The predicted molar refractivity (Wildman–Crippen MR) is 151 cm³/mol. The number of nitrogens with one attached hydrogen (secondary N) is 2. The smallest absolute Gasteiger partial charge is 0.316 e. The number of hydrogen-bond donors (Lipinski definition) is 2. The molecule has 2 aliphatic heterocycles. The summed E-state index contributed by atoms with van der Waals surface area (Å²) in [5, 5.41) is 3.54. The number of aromatic amines is 1. The third-order valence-electron chi connectivity index (χ3n) is 6.51. The van der Waals surface area contributed by atoms with Gasteiger partial charge in [-0.05, 0) is 43.3 Å².